The summed E-state index contributed by atoms with van der Waals surface area (Å²) in [6.07, 6.45) is 3.40. The van der Waals surface area contributed by atoms with Gasteiger partial charge in [0.25, 0.3) is 5.91 Å². The van der Waals surface area contributed by atoms with Crippen LogP contribution >= 0.6 is 0 Å². The summed E-state index contributed by atoms with van der Waals surface area (Å²) in [6.45, 7) is 0.594. The van der Waals surface area contributed by atoms with Crippen molar-refractivity contribution >= 4 is 17.3 Å². The summed E-state index contributed by atoms with van der Waals surface area (Å²) in [4.78, 5) is 16.6. The highest BCUT2D eigenvalue weighted by Crippen LogP contribution is 2.31. The van der Waals surface area contributed by atoms with Gasteiger partial charge in [-0.25, -0.2) is 0 Å². The minimum atomic E-state index is -0.195. The number of carbonyl (C=O) groups excluding carboxylic acids is 1. The fourth-order valence-corrected chi connectivity index (χ4v) is 2.93. The number of nitrogens with zero attached hydrogens (tertiary/aromatic N) is 1. The zero-order valence-corrected chi connectivity index (χ0v) is 16.6. The van der Waals surface area contributed by atoms with E-state index in [-0.39, 0.29) is 5.91 Å². The number of nitrogens with one attached hydrogen (secondary N) is 2. The average Bonchev–Trinajstić information content (AvgIpc) is 2.77. The second kappa shape index (κ2) is 10.1. The molecule has 2 aromatic carbocycles. The highest BCUT2D eigenvalue weighted by Gasteiger charge is 2.10. The average molecular weight is 391 g/mol. The number of hydrogen-bond acceptors (Lipinski definition) is 5. The van der Waals surface area contributed by atoms with E-state index in [2.05, 4.69) is 27.8 Å². The van der Waals surface area contributed by atoms with E-state index in [1.807, 2.05) is 36.4 Å². The lowest BCUT2D eigenvalue weighted by atomic mass is 10.1. The molecule has 1 amide bonds. The number of ether oxygens (including phenoxy) is 2. The van der Waals surface area contributed by atoms with Gasteiger partial charge in [0, 0.05) is 24.5 Å². The summed E-state index contributed by atoms with van der Waals surface area (Å²) in [5.74, 6) is 1.19. The summed E-state index contributed by atoms with van der Waals surface area (Å²) < 4.78 is 10.7. The van der Waals surface area contributed by atoms with Crippen molar-refractivity contribution in [2.24, 2.45) is 0 Å². The number of rotatable bonds is 9. The van der Waals surface area contributed by atoms with Crippen molar-refractivity contribution in [2.45, 2.75) is 12.8 Å². The molecule has 2 N–H and O–H groups in total. The van der Waals surface area contributed by atoms with Crippen LogP contribution in [0.3, 0.4) is 0 Å². The quantitative estimate of drug-likeness (QED) is 0.535. The van der Waals surface area contributed by atoms with Gasteiger partial charge in [0.15, 0.2) is 0 Å². The van der Waals surface area contributed by atoms with Gasteiger partial charge in [-0.3, -0.25) is 9.78 Å². The minimum Gasteiger partial charge on any atom is -0.497 e. The lowest BCUT2D eigenvalue weighted by Crippen LogP contribution is -2.25. The first kappa shape index (κ1) is 20.2. The lowest BCUT2D eigenvalue weighted by molar-refractivity contribution is 0.0948. The first-order chi connectivity index (χ1) is 14.2. The van der Waals surface area contributed by atoms with Gasteiger partial charge in [0.1, 0.15) is 17.2 Å². The topological polar surface area (TPSA) is 72.5 Å². The van der Waals surface area contributed by atoms with Crippen LogP contribution in [0.2, 0.25) is 0 Å². The Labute approximate surface area is 170 Å². The van der Waals surface area contributed by atoms with Crippen LogP contribution in [0.5, 0.6) is 11.5 Å². The summed E-state index contributed by atoms with van der Waals surface area (Å²) in [7, 11) is 3.21. The zero-order valence-electron chi connectivity index (χ0n) is 16.6. The molecule has 0 saturated carbocycles. The Bertz CT molecular complexity index is 945. The number of amides is 1. The molecule has 0 aliphatic heterocycles. The third-order valence-corrected chi connectivity index (χ3v) is 4.45. The maximum atomic E-state index is 12.4. The second-order valence-electron chi connectivity index (χ2n) is 6.47. The molecule has 1 aromatic heterocycles. The van der Waals surface area contributed by atoms with Crippen LogP contribution in [0.4, 0.5) is 11.4 Å². The SMILES string of the molecule is COc1ccc(OC)c(Nc2ccnc(C(=O)NCCCc3ccccc3)c2)c1. The van der Waals surface area contributed by atoms with Crippen molar-refractivity contribution in [1.82, 2.24) is 10.3 Å². The first-order valence-corrected chi connectivity index (χ1v) is 9.47. The van der Waals surface area contributed by atoms with Gasteiger partial charge in [-0.2, -0.15) is 0 Å². The minimum absolute atomic E-state index is 0.195. The number of hydrogen-bond donors (Lipinski definition) is 2. The summed E-state index contributed by atoms with van der Waals surface area (Å²) in [5.41, 5.74) is 3.10. The molecule has 0 fully saturated rings. The molecule has 0 atom stereocenters. The summed E-state index contributed by atoms with van der Waals surface area (Å²) in [5, 5.41) is 6.18. The van der Waals surface area contributed by atoms with Crippen molar-refractivity contribution in [1.29, 1.82) is 0 Å². The predicted octanol–water partition coefficient (Wildman–Crippen LogP) is 4.21. The highest BCUT2D eigenvalue weighted by atomic mass is 16.5. The molecule has 0 unspecified atom stereocenters. The molecule has 0 aliphatic rings. The molecule has 29 heavy (non-hydrogen) atoms. The van der Waals surface area contributed by atoms with E-state index in [1.165, 1.54) is 5.56 Å². The Hall–Kier alpha value is -3.54. The molecule has 0 bridgehead atoms. The van der Waals surface area contributed by atoms with Crippen LogP contribution in [-0.2, 0) is 6.42 Å². The molecule has 6 heteroatoms. The molecule has 3 rings (SSSR count). The maximum Gasteiger partial charge on any atom is 0.269 e. The van der Waals surface area contributed by atoms with E-state index in [0.717, 1.165) is 24.2 Å². The fourth-order valence-electron chi connectivity index (χ4n) is 2.93. The van der Waals surface area contributed by atoms with Gasteiger partial charge >= 0.3 is 0 Å². The molecule has 0 aliphatic carbocycles. The molecule has 0 radical (unpaired) electrons. The van der Waals surface area contributed by atoms with Crippen molar-refractivity contribution in [3.63, 3.8) is 0 Å². The monoisotopic (exact) mass is 391 g/mol. The molecule has 6 nitrogen and oxygen atoms in total. The van der Waals surface area contributed by atoms with E-state index in [9.17, 15) is 4.79 Å². The van der Waals surface area contributed by atoms with Crippen LogP contribution in [-0.4, -0.2) is 31.7 Å². The molecule has 1 heterocycles. The lowest BCUT2D eigenvalue weighted by Gasteiger charge is -2.13. The van der Waals surface area contributed by atoms with Gasteiger partial charge in [0.2, 0.25) is 0 Å². The summed E-state index contributed by atoms with van der Waals surface area (Å²) >= 11 is 0. The van der Waals surface area contributed by atoms with Crippen LogP contribution < -0.4 is 20.1 Å². The van der Waals surface area contributed by atoms with Gasteiger partial charge < -0.3 is 20.1 Å². The Morgan fingerprint density at radius 2 is 1.83 bits per heavy atom. The molecule has 3 aromatic rings. The predicted molar refractivity (Wildman–Crippen MR) is 114 cm³/mol. The van der Waals surface area contributed by atoms with E-state index in [4.69, 9.17) is 9.47 Å². The van der Waals surface area contributed by atoms with Crippen molar-refractivity contribution < 1.29 is 14.3 Å². The van der Waals surface area contributed by atoms with E-state index >= 15 is 0 Å². The molecule has 150 valence electrons. The Morgan fingerprint density at radius 3 is 2.59 bits per heavy atom. The van der Waals surface area contributed by atoms with Gasteiger partial charge in [0.05, 0.1) is 19.9 Å². The molecule has 0 spiro atoms. The van der Waals surface area contributed by atoms with E-state index < -0.39 is 0 Å². The largest absolute Gasteiger partial charge is 0.497 e. The number of carbonyl (C=O) groups is 1. The van der Waals surface area contributed by atoms with Crippen molar-refractivity contribution in [2.75, 3.05) is 26.1 Å². The maximum absolute atomic E-state index is 12.4. The van der Waals surface area contributed by atoms with Crippen LogP contribution in [0, 0.1) is 0 Å². The number of aryl methyl sites for hydroxylation is 1. The van der Waals surface area contributed by atoms with E-state index in [0.29, 0.717) is 23.7 Å². The van der Waals surface area contributed by atoms with Gasteiger partial charge in [-0.1, -0.05) is 30.3 Å². The molecular weight excluding hydrogens is 366 g/mol. The number of pyridine rings is 1. The number of methoxy groups -OCH3 is 2. The third kappa shape index (κ3) is 5.72. The fraction of sp³-hybridized carbons (Fsp3) is 0.217. The van der Waals surface area contributed by atoms with Crippen LogP contribution in [0.1, 0.15) is 22.5 Å². The number of anilines is 2. The first-order valence-electron chi connectivity index (χ1n) is 9.47. The highest BCUT2D eigenvalue weighted by molar-refractivity contribution is 5.93. The molecule has 0 saturated heterocycles. The normalized spacial score (nSPS) is 10.3. The Morgan fingerprint density at radius 1 is 1.00 bits per heavy atom. The smallest absolute Gasteiger partial charge is 0.269 e. The zero-order chi connectivity index (χ0) is 20.5. The summed E-state index contributed by atoms with van der Waals surface area (Å²) in [6, 6.07) is 19.2. The standard InChI is InChI=1S/C23H25N3O3/c1-28-19-10-11-22(29-2)20(16-19)26-18-12-14-24-21(15-18)23(27)25-13-6-9-17-7-4-3-5-8-17/h3-5,7-8,10-12,14-16H,6,9,13H2,1-2H3,(H,24,26)(H,25,27). The third-order valence-electron chi connectivity index (χ3n) is 4.45. The second-order valence-corrected chi connectivity index (χ2v) is 6.47. The van der Waals surface area contributed by atoms with Crippen molar-refractivity contribution in [3.8, 4) is 11.5 Å². The number of benzene rings is 2. The van der Waals surface area contributed by atoms with Crippen LogP contribution in [0.25, 0.3) is 0 Å². The van der Waals surface area contributed by atoms with Crippen LogP contribution in [0.15, 0.2) is 66.9 Å². The van der Waals surface area contributed by atoms with Gasteiger partial charge in [-0.15, -0.1) is 0 Å². The Kier molecular flexibility index (Phi) is 7.05. The van der Waals surface area contributed by atoms with E-state index in [1.54, 1.807) is 32.5 Å². The number of aromatic nitrogens is 1. The molecular formula is C23H25N3O3. The van der Waals surface area contributed by atoms with Crippen molar-refractivity contribution in [3.05, 3.63) is 78.1 Å². The van der Waals surface area contributed by atoms with Gasteiger partial charge in [-0.05, 0) is 42.7 Å². The Balaban J connectivity index is 1.59.